The predicted molar refractivity (Wildman–Crippen MR) is 112 cm³/mol. The number of carbonyl (C=O) groups is 4. The number of Topliss-reactive ketones (excluding diaryl/α,β-unsaturated/α-hetero) is 1. The molecule has 10 heteroatoms. The molecular weight excluding hydrogens is 434 g/mol. The number of hydrogen-bond acceptors (Lipinski definition) is 7. The minimum atomic E-state index is -0.744. The van der Waals surface area contributed by atoms with Gasteiger partial charge in [0, 0.05) is 17.7 Å². The highest BCUT2D eigenvalue weighted by molar-refractivity contribution is 7.12. The van der Waals surface area contributed by atoms with E-state index in [1.54, 1.807) is 17.5 Å². The Kier molecular flexibility index (Phi) is 4.74. The van der Waals surface area contributed by atoms with Crippen LogP contribution in [0.5, 0.6) is 0 Å². The Labute approximate surface area is 186 Å². The van der Waals surface area contributed by atoms with Gasteiger partial charge < -0.3 is 0 Å². The Morgan fingerprint density at radius 3 is 2.22 bits per heavy atom. The van der Waals surface area contributed by atoms with Crippen molar-refractivity contribution in [2.24, 2.45) is 23.7 Å². The SMILES string of the molecule is O=C(CN(C(=O)c1ccc([N+](=O)[O-])cc1)N1C(=O)[C@H]2[C@H](C1=O)[C@H]1C=C[C@H]2C1)c1cccs1. The number of nitro benzene ring substituents is 1. The molecule has 0 unspecified atom stereocenters. The maximum absolute atomic E-state index is 13.4. The first kappa shape index (κ1) is 20.3. The van der Waals surface area contributed by atoms with Crippen LogP contribution in [0.25, 0.3) is 0 Å². The number of nitro groups is 1. The van der Waals surface area contributed by atoms with E-state index in [1.165, 1.54) is 35.6 Å². The lowest BCUT2D eigenvalue weighted by molar-refractivity contribution is -0.384. The molecule has 162 valence electrons. The molecule has 2 heterocycles. The number of hydrogen-bond donors (Lipinski definition) is 0. The van der Waals surface area contributed by atoms with Crippen molar-refractivity contribution in [1.82, 2.24) is 10.0 Å². The molecule has 9 nitrogen and oxygen atoms in total. The number of nitrogens with zero attached hydrogens (tertiary/aromatic N) is 3. The number of amides is 3. The number of benzene rings is 1. The molecule has 2 aromatic rings. The Hall–Kier alpha value is -3.66. The second-order valence-electron chi connectivity index (χ2n) is 8.06. The van der Waals surface area contributed by atoms with Gasteiger partial charge in [-0.1, -0.05) is 18.2 Å². The zero-order valence-electron chi connectivity index (χ0n) is 16.6. The molecule has 1 aliphatic heterocycles. The van der Waals surface area contributed by atoms with Crippen molar-refractivity contribution in [2.75, 3.05) is 6.54 Å². The summed E-state index contributed by atoms with van der Waals surface area (Å²) < 4.78 is 0. The zero-order valence-corrected chi connectivity index (χ0v) is 17.4. The van der Waals surface area contributed by atoms with Gasteiger partial charge in [-0.25, -0.2) is 5.01 Å². The Balaban J connectivity index is 1.49. The molecule has 1 saturated carbocycles. The molecule has 2 fully saturated rings. The molecule has 1 saturated heterocycles. The van der Waals surface area contributed by atoms with Gasteiger partial charge in [0.25, 0.3) is 23.4 Å². The average Bonchev–Trinajstić information content (AvgIpc) is 3.57. The third-order valence-corrected chi connectivity index (χ3v) is 7.25. The molecule has 2 bridgehead atoms. The molecule has 1 aromatic carbocycles. The maximum Gasteiger partial charge on any atom is 0.273 e. The molecule has 1 aromatic heterocycles. The maximum atomic E-state index is 13.4. The second-order valence-corrected chi connectivity index (χ2v) is 9.00. The lowest BCUT2D eigenvalue weighted by Crippen LogP contribution is -2.52. The molecule has 2 aliphatic carbocycles. The van der Waals surface area contributed by atoms with E-state index in [2.05, 4.69) is 0 Å². The number of thiophene rings is 1. The van der Waals surface area contributed by atoms with Crippen LogP contribution in [-0.4, -0.2) is 45.0 Å². The van der Waals surface area contributed by atoms with Crippen molar-refractivity contribution in [2.45, 2.75) is 6.42 Å². The molecule has 0 radical (unpaired) electrons. The first-order valence-electron chi connectivity index (χ1n) is 10.1. The fraction of sp³-hybridized carbons (Fsp3) is 0.273. The number of fused-ring (bicyclic) bond motifs is 5. The van der Waals surface area contributed by atoms with Crippen molar-refractivity contribution >= 4 is 40.5 Å². The second kappa shape index (κ2) is 7.49. The zero-order chi connectivity index (χ0) is 22.6. The number of hydrazine groups is 1. The van der Waals surface area contributed by atoms with Crippen LogP contribution in [0.4, 0.5) is 5.69 Å². The van der Waals surface area contributed by atoms with Gasteiger partial charge in [0.2, 0.25) is 0 Å². The van der Waals surface area contributed by atoms with Gasteiger partial charge >= 0.3 is 0 Å². The Morgan fingerprint density at radius 1 is 1.06 bits per heavy atom. The minimum Gasteiger partial charge on any atom is -0.291 e. The van der Waals surface area contributed by atoms with Gasteiger partial charge in [-0.05, 0) is 41.8 Å². The monoisotopic (exact) mass is 451 g/mol. The van der Waals surface area contributed by atoms with E-state index in [0.29, 0.717) is 4.88 Å². The fourth-order valence-electron chi connectivity index (χ4n) is 4.88. The molecule has 0 spiro atoms. The smallest absolute Gasteiger partial charge is 0.273 e. The molecule has 3 aliphatic rings. The summed E-state index contributed by atoms with van der Waals surface area (Å²) in [6.07, 6.45) is 4.63. The van der Waals surface area contributed by atoms with Gasteiger partial charge in [-0.2, -0.15) is 5.01 Å². The predicted octanol–water partition coefficient (Wildman–Crippen LogP) is 2.70. The fourth-order valence-corrected chi connectivity index (χ4v) is 5.54. The van der Waals surface area contributed by atoms with E-state index in [4.69, 9.17) is 0 Å². The summed E-state index contributed by atoms with van der Waals surface area (Å²) in [5.74, 6) is -3.26. The van der Waals surface area contributed by atoms with Crippen LogP contribution in [0.15, 0.2) is 53.9 Å². The minimum absolute atomic E-state index is 0.0355. The van der Waals surface area contributed by atoms with Crippen LogP contribution in [0, 0.1) is 33.8 Å². The topological polar surface area (TPSA) is 118 Å². The van der Waals surface area contributed by atoms with Crippen LogP contribution >= 0.6 is 11.3 Å². The third kappa shape index (κ3) is 3.06. The van der Waals surface area contributed by atoms with Crippen molar-refractivity contribution in [3.63, 3.8) is 0 Å². The quantitative estimate of drug-likeness (QED) is 0.219. The standard InChI is InChI=1S/C22H17N3O6S/c26-16(17-2-1-9-32-17)11-23(20(27)12-5-7-15(8-6-12)25(30)31)24-21(28)18-13-3-4-14(10-13)19(18)22(24)29/h1-9,13-14,18-19H,10-11H2/t13-,14-,18+,19+/m0/s1. The number of imide groups is 1. The van der Waals surface area contributed by atoms with Gasteiger partial charge in [0.1, 0.15) is 6.54 Å². The highest BCUT2D eigenvalue weighted by Gasteiger charge is 2.61. The summed E-state index contributed by atoms with van der Waals surface area (Å²) >= 11 is 1.20. The lowest BCUT2D eigenvalue weighted by atomic mass is 9.85. The summed E-state index contributed by atoms with van der Waals surface area (Å²) in [5.41, 5.74) is -0.165. The van der Waals surface area contributed by atoms with Crippen LogP contribution in [0.1, 0.15) is 26.5 Å². The Morgan fingerprint density at radius 2 is 1.69 bits per heavy atom. The van der Waals surface area contributed by atoms with Gasteiger partial charge in [0.05, 0.1) is 21.6 Å². The lowest BCUT2D eigenvalue weighted by Gasteiger charge is -2.30. The molecule has 3 amide bonds. The Bertz CT molecular complexity index is 1140. The molecule has 4 atom stereocenters. The van der Waals surface area contributed by atoms with E-state index >= 15 is 0 Å². The van der Waals surface area contributed by atoms with Crippen LogP contribution < -0.4 is 0 Å². The molecule has 5 rings (SSSR count). The summed E-state index contributed by atoms with van der Waals surface area (Å²) in [5, 5.41) is 14.4. The number of rotatable bonds is 6. The summed E-state index contributed by atoms with van der Waals surface area (Å²) in [4.78, 5) is 63.4. The average molecular weight is 451 g/mol. The van der Waals surface area contributed by atoms with Crippen LogP contribution in [0.3, 0.4) is 0 Å². The third-order valence-electron chi connectivity index (χ3n) is 6.34. The highest BCUT2D eigenvalue weighted by atomic mass is 32.1. The molecular formula is C22H17N3O6S. The van der Waals surface area contributed by atoms with Crippen molar-refractivity contribution < 1.29 is 24.1 Å². The normalized spacial score (nSPS) is 25.3. The first-order valence-corrected chi connectivity index (χ1v) is 10.9. The molecule has 32 heavy (non-hydrogen) atoms. The number of ketones is 1. The summed E-state index contributed by atoms with van der Waals surface area (Å²) in [7, 11) is 0. The summed E-state index contributed by atoms with van der Waals surface area (Å²) in [6.45, 7) is -0.490. The number of carbonyl (C=O) groups excluding carboxylic acids is 4. The van der Waals surface area contributed by atoms with Crippen LogP contribution in [-0.2, 0) is 9.59 Å². The largest absolute Gasteiger partial charge is 0.291 e. The van der Waals surface area contributed by atoms with Gasteiger partial charge in [-0.3, -0.25) is 29.3 Å². The van der Waals surface area contributed by atoms with Gasteiger partial charge in [-0.15, -0.1) is 11.3 Å². The van der Waals surface area contributed by atoms with Gasteiger partial charge in [0.15, 0.2) is 5.78 Å². The highest BCUT2D eigenvalue weighted by Crippen LogP contribution is 2.52. The van der Waals surface area contributed by atoms with Crippen molar-refractivity contribution in [3.05, 3.63) is 74.5 Å². The van der Waals surface area contributed by atoms with E-state index in [9.17, 15) is 29.3 Å². The van der Waals surface area contributed by atoms with E-state index in [1.807, 2.05) is 12.2 Å². The molecule has 0 N–H and O–H groups in total. The van der Waals surface area contributed by atoms with E-state index in [0.717, 1.165) is 16.4 Å². The van der Waals surface area contributed by atoms with Crippen LogP contribution in [0.2, 0.25) is 0 Å². The van der Waals surface area contributed by atoms with E-state index < -0.39 is 46.8 Å². The first-order chi connectivity index (χ1) is 15.4. The van der Waals surface area contributed by atoms with E-state index in [-0.39, 0.29) is 23.1 Å². The van der Waals surface area contributed by atoms with Crippen molar-refractivity contribution in [1.29, 1.82) is 0 Å². The summed E-state index contributed by atoms with van der Waals surface area (Å²) in [6, 6.07) is 8.13. The number of non-ortho nitro benzene ring substituents is 1. The number of allylic oxidation sites excluding steroid dienone is 2. The van der Waals surface area contributed by atoms with Crippen molar-refractivity contribution in [3.8, 4) is 0 Å².